The average molecular weight is 286 g/mol. The zero-order valence-corrected chi connectivity index (χ0v) is 11.1. The number of rotatable bonds is 8. The van der Waals surface area contributed by atoms with E-state index < -0.39 is 34.6 Å². The van der Waals surface area contributed by atoms with Crippen molar-refractivity contribution >= 4 is 0 Å². The van der Waals surface area contributed by atoms with E-state index in [-0.39, 0.29) is 42.0 Å². The van der Waals surface area contributed by atoms with Crippen molar-refractivity contribution in [2.45, 2.75) is 6.10 Å². The van der Waals surface area contributed by atoms with Gasteiger partial charge in [-0.3, -0.25) is 0 Å². The fourth-order valence-corrected chi connectivity index (χ4v) is 0.519. The molecular formula is C3H5ClN3NaO9. The minimum atomic E-state index is -1.55. The van der Waals surface area contributed by atoms with Gasteiger partial charge in [-0.25, -0.2) is 0 Å². The third-order valence-corrected chi connectivity index (χ3v) is 0.967. The smallest absolute Gasteiger partial charge is 1.00 e. The van der Waals surface area contributed by atoms with Gasteiger partial charge in [0.25, 0.3) is 15.3 Å². The summed E-state index contributed by atoms with van der Waals surface area (Å²) >= 11 is 0. The third-order valence-electron chi connectivity index (χ3n) is 0.967. The molecule has 0 aliphatic heterocycles. The predicted octanol–water partition coefficient (Wildman–Crippen LogP) is -7.01. The van der Waals surface area contributed by atoms with E-state index in [0.29, 0.717) is 0 Å². The Labute approximate surface area is 121 Å². The van der Waals surface area contributed by atoms with Gasteiger partial charge in [0, 0.05) is 0 Å². The number of halogens is 1. The van der Waals surface area contributed by atoms with E-state index in [1.54, 1.807) is 0 Å². The van der Waals surface area contributed by atoms with Crippen LogP contribution in [0, 0.1) is 30.3 Å². The van der Waals surface area contributed by atoms with Gasteiger partial charge < -0.3 is 26.9 Å². The van der Waals surface area contributed by atoms with Crippen molar-refractivity contribution in [2.24, 2.45) is 0 Å². The average Bonchev–Trinajstić information content (AvgIpc) is 2.08. The van der Waals surface area contributed by atoms with Crippen LogP contribution >= 0.6 is 0 Å². The maximum absolute atomic E-state index is 9.83. The molecule has 17 heavy (non-hydrogen) atoms. The van der Waals surface area contributed by atoms with Gasteiger partial charge in [0.05, 0.1) is 0 Å². The standard InChI is InChI=1S/C3H5N3O9.ClH.Na/c7-4(8)13-1-3(15-6(11)12)2-14-5(9)10;;/h3H,1-2H2;1H;/q;;+1/p-1. The molecule has 0 aliphatic carbocycles. The molecule has 94 valence electrons. The molecule has 0 N–H and O–H groups in total. The Morgan fingerprint density at radius 3 is 1.47 bits per heavy atom. The Morgan fingerprint density at radius 2 is 1.24 bits per heavy atom. The molecule has 0 rings (SSSR count). The summed E-state index contributed by atoms with van der Waals surface area (Å²) < 4.78 is 0. The van der Waals surface area contributed by atoms with Crippen LogP contribution < -0.4 is 42.0 Å². The topological polar surface area (TPSA) is 157 Å². The van der Waals surface area contributed by atoms with Crippen LogP contribution in [0.3, 0.4) is 0 Å². The van der Waals surface area contributed by atoms with E-state index in [2.05, 4.69) is 14.5 Å². The van der Waals surface area contributed by atoms with Gasteiger partial charge in [0.15, 0.2) is 6.10 Å². The largest absolute Gasteiger partial charge is 1.00 e. The van der Waals surface area contributed by atoms with Crippen LogP contribution in [0.25, 0.3) is 0 Å². The van der Waals surface area contributed by atoms with Crippen LogP contribution in [0.4, 0.5) is 0 Å². The number of hydrogen-bond donors (Lipinski definition) is 0. The van der Waals surface area contributed by atoms with Crippen LogP contribution in [-0.2, 0) is 14.5 Å². The fourth-order valence-electron chi connectivity index (χ4n) is 0.519. The number of hydrogen-bond acceptors (Lipinski definition) is 9. The summed E-state index contributed by atoms with van der Waals surface area (Å²) in [4.78, 5) is 40.5. The molecule has 0 atom stereocenters. The maximum Gasteiger partial charge on any atom is 1.00 e. The Bertz CT molecular complexity index is 246. The van der Waals surface area contributed by atoms with Gasteiger partial charge in [-0.15, -0.1) is 30.3 Å². The Morgan fingerprint density at radius 1 is 0.882 bits per heavy atom. The third kappa shape index (κ3) is 14.9. The molecule has 0 aromatic heterocycles. The summed E-state index contributed by atoms with van der Waals surface area (Å²) in [6.45, 7) is -1.69. The van der Waals surface area contributed by atoms with Crippen LogP contribution in [0.5, 0.6) is 0 Å². The van der Waals surface area contributed by atoms with Gasteiger partial charge in [-0.2, -0.15) is 0 Å². The van der Waals surface area contributed by atoms with Gasteiger partial charge in [-0.05, 0) is 0 Å². The zero-order valence-electron chi connectivity index (χ0n) is 8.39. The molecule has 0 aromatic rings. The van der Waals surface area contributed by atoms with E-state index >= 15 is 0 Å². The summed E-state index contributed by atoms with van der Waals surface area (Å²) in [6.07, 6.45) is -1.55. The first kappa shape index (κ1) is 21.2. The molecule has 0 bridgehead atoms. The van der Waals surface area contributed by atoms with Crippen LogP contribution in [-0.4, -0.2) is 34.6 Å². The first-order valence-electron chi connectivity index (χ1n) is 3.27. The predicted molar refractivity (Wildman–Crippen MR) is 37.8 cm³/mol. The minimum absolute atomic E-state index is 0. The van der Waals surface area contributed by atoms with Gasteiger partial charge in [0.2, 0.25) is 0 Å². The molecule has 0 radical (unpaired) electrons. The molecule has 0 saturated carbocycles. The minimum Gasteiger partial charge on any atom is -1.00 e. The van der Waals surface area contributed by atoms with Gasteiger partial charge in [-0.1, -0.05) is 0 Å². The zero-order chi connectivity index (χ0) is 11.8. The monoisotopic (exact) mass is 285 g/mol. The summed E-state index contributed by atoms with van der Waals surface area (Å²) in [7, 11) is 0. The molecule has 0 spiro atoms. The van der Waals surface area contributed by atoms with E-state index in [0.717, 1.165) is 0 Å². The van der Waals surface area contributed by atoms with Crippen LogP contribution in [0.1, 0.15) is 0 Å². The van der Waals surface area contributed by atoms with Crippen molar-refractivity contribution in [2.75, 3.05) is 13.2 Å². The maximum atomic E-state index is 9.83. The SMILES string of the molecule is O=[N+]([O-])OCC(CO[N+](=O)[O-])O[N+](=O)[O-].[Cl-].[Na+]. The summed E-state index contributed by atoms with van der Waals surface area (Å²) in [5.41, 5.74) is 0. The van der Waals surface area contributed by atoms with Crippen molar-refractivity contribution in [3.05, 3.63) is 30.3 Å². The fraction of sp³-hybridized carbons (Fsp3) is 1.00. The Balaban J connectivity index is -0.000000980. The Hall–Kier alpha value is -1.11. The second-order valence-electron chi connectivity index (χ2n) is 1.99. The second-order valence-corrected chi connectivity index (χ2v) is 1.99. The molecule has 0 aliphatic rings. The molecule has 0 fully saturated rings. The van der Waals surface area contributed by atoms with Crippen molar-refractivity contribution < 1.29 is 71.7 Å². The van der Waals surface area contributed by atoms with Crippen LogP contribution in [0.2, 0.25) is 0 Å². The molecule has 0 amide bonds. The molecule has 0 unspecified atom stereocenters. The summed E-state index contributed by atoms with van der Waals surface area (Å²) in [5, 5.41) is 25.5. The quantitative estimate of drug-likeness (QED) is 0.240. The second kappa shape index (κ2) is 11.4. The van der Waals surface area contributed by atoms with Gasteiger partial charge >= 0.3 is 29.6 Å². The van der Waals surface area contributed by atoms with Crippen molar-refractivity contribution in [3.8, 4) is 0 Å². The first-order chi connectivity index (χ1) is 6.91. The van der Waals surface area contributed by atoms with Crippen molar-refractivity contribution in [3.63, 3.8) is 0 Å². The van der Waals surface area contributed by atoms with Gasteiger partial charge in [0.1, 0.15) is 13.2 Å². The van der Waals surface area contributed by atoms with Crippen molar-refractivity contribution in [1.29, 1.82) is 0 Å². The molecular weight excluding hydrogens is 280 g/mol. The Kier molecular flexibility index (Phi) is 14.2. The van der Waals surface area contributed by atoms with E-state index in [1.807, 2.05) is 0 Å². The molecule has 14 heteroatoms. The summed E-state index contributed by atoms with van der Waals surface area (Å²) in [5.74, 6) is 0. The van der Waals surface area contributed by atoms with Crippen molar-refractivity contribution in [1.82, 2.24) is 0 Å². The summed E-state index contributed by atoms with van der Waals surface area (Å²) in [6, 6.07) is 0. The first-order valence-corrected chi connectivity index (χ1v) is 3.27. The molecule has 0 heterocycles. The molecule has 12 nitrogen and oxygen atoms in total. The van der Waals surface area contributed by atoms with E-state index in [9.17, 15) is 30.3 Å². The van der Waals surface area contributed by atoms with Crippen LogP contribution in [0.15, 0.2) is 0 Å². The number of nitrogens with zero attached hydrogens (tertiary/aromatic N) is 3. The normalized spacial score (nSPS) is 8.29. The molecule has 0 aromatic carbocycles. The molecule has 0 saturated heterocycles. The van der Waals surface area contributed by atoms with E-state index in [1.165, 1.54) is 0 Å². The van der Waals surface area contributed by atoms with E-state index in [4.69, 9.17) is 0 Å².